The van der Waals surface area contributed by atoms with Crippen molar-refractivity contribution in [3.8, 4) is 0 Å². The van der Waals surface area contributed by atoms with E-state index in [4.69, 9.17) is 16.0 Å². The van der Waals surface area contributed by atoms with Gasteiger partial charge in [-0.15, -0.1) is 5.10 Å². The van der Waals surface area contributed by atoms with Crippen LogP contribution < -0.4 is 5.32 Å². The molecule has 1 heterocycles. The van der Waals surface area contributed by atoms with Crippen LogP contribution in [0.15, 0.2) is 33.9 Å². The Morgan fingerprint density at radius 1 is 1.33 bits per heavy atom. The molecule has 0 bridgehead atoms. The molecule has 0 saturated heterocycles. The largest absolute Gasteiger partial charge is 0.412 e. The fourth-order valence-electron chi connectivity index (χ4n) is 2.16. The molecule has 1 aliphatic carbocycles. The van der Waals surface area contributed by atoms with Crippen molar-refractivity contribution in [1.82, 2.24) is 15.5 Å². The third kappa shape index (κ3) is 4.33. The van der Waals surface area contributed by atoms with Gasteiger partial charge in [-0.05, 0) is 30.5 Å². The van der Waals surface area contributed by atoms with Gasteiger partial charge in [0.25, 0.3) is 0 Å². The lowest BCUT2D eigenvalue weighted by Crippen LogP contribution is -2.26. The maximum absolute atomic E-state index is 12.3. The summed E-state index contributed by atoms with van der Waals surface area (Å²) in [5.74, 6) is 0.0496. The number of nitrogens with zero attached hydrogens (tertiary/aromatic N) is 2. The SMILES string of the molecule is O=C(NCCc1nnc(S(=O)(=O)Cc2cccc(Cl)c2)o1)C1CC1. The van der Waals surface area contributed by atoms with Crippen molar-refractivity contribution in [3.63, 3.8) is 0 Å². The minimum Gasteiger partial charge on any atom is -0.412 e. The zero-order chi connectivity index (χ0) is 17.2. The van der Waals surface area contributed by atoms with Gasteiger partial charge in [0.1, 0.15) is 0 Å². The standard InChI is InChI=1S/C15H16ClN3O4S/c16-12-3-1-2-10(8-12)9-24(21,22)15-19-18-13(23-15)6-7-17-14(20)11-4-5-11/h1-3,8,11H,4-7,9H2,(H,17,20). The number of halogens is 1. The van der Waals surface area contributed by atoms with Crippen molar-refractivity contribution >= 4 is 27.3 Å². The second kappa shape index (κ2) is 6.90. The molecule has 0 radical (unpaired) electrons. The Balaban J connectivity index is 1.59. The van der Waals surface area contributed by atoms with Gasteiger partial charge in [0.2, 0.25) is 21.6 Å². The predicted molar refractivity (Wildman–Crippen MR) is 86.1 cm³/mol. The summed E-state index contributed by atoms with van der Waals surface area (Å²) in [4.78, 5) is 11.5. The Morgan fingerprint density at radius 2 is 2.12 bits per heavy atom. The Kier molecular flexibility index (Phi) is 4.86. The lowest BCUT2D eigenvalue weighted by Gasteiger charge is -2.01. The first-order valence-corrected chi connectivity index (χ1v) is 9.54. The molecule has 0 atom stereocenters. The molecule has 1 fully saturated rings. The fourth-order valence-corrected chi connectivity index (χ4v) is 3.50. The number of nitrogens with one attached hydrogen (secondary N) is 1. The lowest BCUT2D eigenvalue weighted by molar-refractivity contribution is -0.122. The van der Waals surface area contributed by atoms with Crippen LogP contribution in [0.3, 0.4) is 0 Å². The van der Waals surface area contributed by atoms with E-state index < -0.39 is 15.1 Å². The van der Waals surface area contributed by atoms with Crippen LogP contribution in [0.1, 0.15) is 24.3 Å². The second-order valence-corrected chi connectivity index (χ2v) is 7.97. The van der Waals surface area contributed by atoms with Gasteiger partial charge in [0.05, 0.1) is 5.75 Å². The monoisotopic (exact) mass is 369 g/mol. The third-order valence-electron chi connectivity index (χ3n) is 3.55. The van der Waals surface area contributed by atoms with Crippen molar-refractivity contribution in [2.75, 3.05) is 6.54 Å². The summed E-state index contributed by atoms with van der Waals surface area (Å²) >= 11 is 5.85. The molecule has 1 amide bonds. The van der Waals surface area contributed by atoms with Gasteiger partial charge in [-0.1, -0.05) is 28.8 Å². The summed E-state index contributed by atoms with van der Waals surface area (Å²) in [7, 11) is -3.74. The Hall–Kier alpha value is -1.93. The Morgan fingerprint density at radius 3 is 2.83 bits per heavy atom. The van der Waals surface area contributed by atoms with Crippen molar-refractivity contribution in [1.29, 1.82) is 0 Å². The number of hydrogen-bond acceptors (Lipinski definition) is 6. The second-order valence-electron chi connectivity index (χ2n) is 5.67. The molecule has 2 aromatic rings. The predicted octanol–water partition coefficient (Wildman–Crippen LogP) is 1.77. The summed E-state index contributed by atoms with van der Waals surface area (Å²) < 4.78 is 29.8. The van der Waals surface area contributed by atoms with Crippen LogP contribution in [0, 0.1) is 5.92 Å². The zero-order valence-electron chi connectivity index (χ0n) is 12.7. The smallest absolute Gasteiger partial charge is 0.335 e. The van der Waals surface area contributed by atoms with E-state index in [1.54, 1.807) is 24.3 Å². The number of benzene rings is 1. The van der Waals surface area contributed by atoms with Crippen molar-refractivity contribution in [2.24, 2.45) is 5.92 Å². The number of amides is 1. The summed E-state index contributed by atoms with van der Waals surface area (Å²) in [6.07, 6.45) is 2.15. The highest BCUT2D eigenvalue weighted by Gasteiger charge is 2.29. The first-order valence-electron chi connectivity index (χ1n) is 7.51. The maximum Gasteiger partial charge on any atom is 0.335 e. The quantitative estimate of drug-likeness (QED) is 0.797. The fraction of sp³-hybridized carbons (Fsp3) is 0.400. The first kappa shape index (κ1) is 16.9. The number of hydrogen-bond donors (Lipinski definition) is 1. The molecule has 3 rings (SSSR count). The van der Waals surface area contributed by atoms with Gasteiger partial charge >= 0.3 is 5.22 Å². The molecule has 24 heavy (non-hydrogen) atoms. The molecule has 1 aromatic heterocycles. The number of aromatic nitrogens is 2. The Bertz CT molecular complexity index is 846. The van der Waals surface area contributed by atoms with Gasteiger partial charge in [0, 0.05) is 23.9 Å². The van der Waals surface area contributed by atoms with Crippen molar-refractivity contribution in [2.45, 2.75) is 30.2 Å². The summed E-state index contributed by atoms with van der Waals surface area (Å²) in [6.45, 7) is 0.339. The van der Waals surface area contributed by atoms with E-state index in [9.17, 15) is 13.2 Å². The van der Waals surface area contributed by atoms with Gasteiger partial charge in [-0.2, -0.15) is 0 Å². The van der Waals surface area contributed by atoms with E-state index in [1.807, 2.05) is 0 Å². The molecule has 1 aromatic carbocycles. The minimum absolute atomic E-state index is 0.0170. The van der Waals surface area contributed by atoms with E-state index in [-0.39, 0.29) is 29.9 Å². The van der Waals surface area contributed by atoms with E-state index in [0.29, 0.717) is 17.1 Å². The highest BCUT2D eigenvalue weighted by Crippen LogP contribution is 2.28. The number of sulfone groups is 1. The normalized spacial score (nSPS) is 14.5. The average molecular weight is 370 g/mol. The first-order chi connectivity index (χ1) is 11.4. The van der Waals surface area contributed by atoms with Crippen LogP contribution in [0.25, 0.3) is 0 Å². The van der Waals surface area contributed by atoms with Gasteiger partial charge < -0.3 is 9.73 Å². The number of carbonyl (C=O) groups excluding carboxylic acids is 1. The van der Waals surface area contributed by atoms with E-state index in [0.717, 1.165) is 12.8 Å². The maximum atomic E-state index is 12.3. The molecule has 0 aliphatic heterocycles. The molecule has 1 saturated carbocycles. The van der Waals surface area contributed by atoms with Crippen molar-refractivity contribution in [3.05, 3.63) is 40.7 Å². The third-order valence-corrected chi connectivity index (χ3v) is 5.19. The lowest BCUT2D eigenvalue weighted by atomic mass is 10.2. The summed E-state index contributed by atoms with van der Waals surface area (Å²) in [6, 6.07) is 6.57. The van der Waals surface area contributed by atoms with Crippen LogP contribution in [-0.4, -0.2) is 31.1 Å². The van der Waals surface area contributed by atoms with E-state index in [2.05, 4.69) is 15.5 Å². The molecular weight excluding hydrogens is 354 g/mol. The Labute approximate surface area is 144 Å². The van der Waals surface area contributed by atoms with Crippen LogP contribution in [0.2, 0.25) is 5.02 Å². The van der Waals surface area contributed by atoms with Crippen LogP contribution in [-0.2, 0) is 26.8 Å². The topological polar surface area (TPSA) is 102 Å². The van der Waals surface area contributed by atoms with Crippen molar-refractivity contribution < 1.29 is 17.6 Å². The molecule has 9 heteroatoms. The molecule has 0 spiro atoms. The van der Waals surface area contributed by atoms with E-state index in [1.165, 1.54) is 0 Å². The number of carbonyl (C=O) groups is 1. The molecule has 1 aliphatic rings. The van der Waals surface area contributed by atoms with Gasteiger partial charge in [-0.3, -0.25) is 4.79 Å². The summed E-state index contributed by atoms with van der Waals surface area (Å²) in [5, 5.41) is 10.1. The number of rotatable bonds is 7. The van der Waals surface area contributed by atoms with Gasteiger partial charge in [-0.25, -0.2) is 8.42 Å². The molecule has 0 unspecified atom stereocenters. The average Bonchev–Trinajstić information content (AvgIpc) is 3.25. The summed E-state index contributed by atoms with van der Waals surface area (Å²) in [5.41, 5.74) is 0.541. The van der Waals surface area contributed by atoms with Crippen LogP contribution in [0.5, 0.6) is 0 Å². The van der Waals surface area contributed by atoms with Crippen LogP contribution >= 0.6 is 11.6 Å². The van der Waals surface area contributed by atoms with E-state index >= 15 is 0 Å². The van der Waals surface area contributed by atoms with Crippen LogP contribution in [0.4, 0.5) is 0 Å². The molecule has 7 nitrogen and oxygen atoms in total. The molecule has 1 N–H and O–H groups in total. The minimum atomic E-state index is -3.74. The molecule has 128 valence electrons. The van der Waals surface area contributed by atoms with Gasteiger partial charge in [0.15, 0.2) is 0 Å². The highest BCUT2D eigenvalue weighted by atomic mass is 35.5. The highest BCUT2D eigenvalue weighted by molar-refractivity contribution is 7.90. The molecular formula is C15H16ClN3O4S. The zero-order valence-corrected chi connectivity index (χ0v) is 14.3.